The Kier molecular flexibility index (Phi) is 6.70. The van der Waals surface area contributed by atoms with Crippen molar-refractivity contribution in [2.24, 2.45) is 5.92 Å². The molecule has 1 aliphatic rings. The molecule has 1 N–H and O–H groups in total. The Morgan fingerprint density at radius 3 is 2.78 bits per heavy atom. The third kappa shape index (κ3) is 5.11. The molecular formula is C17H25N5O3S2. The van der Waals surface area contributed by atoms with Crippen molar-refractivity contribution in [3.8, 4) is 6.07 Å². The number of aromatic nitrogens is 3. The lowest BCUT2D eigenvalue weighted by Crippen LogP contribution is -2.49. The van der Waals surface area contributed by atoms with Crippen LogP contribution in [0.25, 0.3) is 0 Å². The monoisotopic (exact) mass is 411 g/mol. The van der Waals surface area contributed by atoms with Crippen LogP contribution >= 0.6 is 11.8 Å². The van der Waals surface area contributed by atoms with E-state index >= 15 is 0 Å². The summed E-state index contributed by atoms with van der Waals surface area (Å²) in [5, 5.41) is 20.9. The van der Waals surface area contributed by atoms with E-state index in [0.717, 1.165) is 0 Å². The third-order valence-corrected chi connectivity index (χ3v) is 7.51. The summed E-state index contributed by atoms with van der Waals surface area (Å²) in [7, 11) is -3.03. The van der Waals surface area contributed by atoms with Crippen molar-refractivity contribution in [1.29, 1.82) is 5.26 Å². The minimum absolute atomic E-state index is 0.0308. The molecule has 2 rings (SSSR count). The van der Waals surface area contributed by atoms with E-state index in [1.165, 1.54) is 11.8 Å². The number of sulfone groups is 1. The van der Waals surface area contributed by atoms with Crippen molar-refractivity contribution in [1.82, 2.24) is 20.1 Å². The third-order valence-electron chi connectivity index (χ3n) is 4.77. The van der Waals surface area contributed by atoms with Crippen LogP contribution in [0.5, 0.6) is 0 Å². The molecule has 2 atom stereocenters. The minimum Gasteiger partial charge on any atom is -0.337 e. The highest BCUT2D eigenvalue weighted by molar-refractivity contribution is 7.99. The van der Waals surface area contributed by atoms with Crippen LogP contribution in [0.4, 0.5) is 0 Å². The molecule has 27 heavy (non-hydrogen) atoms. The fourth-order valence-corrected chi connectivity index (χ4v) is 5.26. The van der Waals surface area contributed by atoms with Gasteiger partial charge in [-0.25, -0.2) is 8.42 Å². The van der Waals surface area contributed by atoms with E-state index in [0.29, 0.717) is 23.9 Å². The smallest absolute Gasteiger partial charge is 0.231 e. The zero-order valence-corrected chi connectivity index (χ0v) is 17.4. The van der Waals surface area contributed by atoms with Gasteiger partial charge in [-0.05, 0) is 19.3 Å². The SMILES string of the molecule is C=CCn1c(SCC(=O)N[C@@](C)(C#N)C(C)C)nnc1[C@@H]1CCS(=O)(=O)C1. The predicted octanol–water partition coefficient (Wildman–Crippen LogP) is 1.51. The lowest BCUT2D eigenvalue weighted by atomic mass is 9.90. The molecule has 1 aromatic rings. The van der Waals surface area contributed by atoms with E-state index in [9.17, 15) is 18.5 Å². The van der Waals surface area contributed by atoms with Crippen LogP contribution in [0.3, 0.4) is 0 Å². The summed E-state index contributed by atoms with van der Waals surface area (Å²) in [6.07, 6.45) is 2.21. The molecule has 1 saturated heterocycles. The normalized spacial score (nSPS) is 20.8. The van der Waals surface area contributed by atoms with E-state index < -0.39 is 15.4 Å². The van der Waals surface area contributed by atoms with Crippen molar-refractivity contribution in [3.63, 3.8) is 0 Å². The first kappa shape index (κ1) is 21.4. The second kappa shape index (κ2) is 8.44. The number of nitrogens with zero attached hydrogens (tertiary/aromatic N) is 4. The van der Waals surface area contributed by atoms with Crippen molar-refractivity contribution >= 4 is 27.5 Å². The number of amides is 1. The summed E-state index contributed by atoms with van der Waals surface area (Å²) in [5.41, 5.74) is -0.935. The fourth-order valence-electron chi connectivity index (χ4n) is 2.77. The molecule has 10 heteroatoms. The summed E-state index contributed by atoms with van der Waals surface area (Å²) in [6.45, 7) is 9.61. The number of carbonyl (C=O) groups is 1. The topological polar surface area (TPSA) is 118 Å². The van der Waals surface area contributed by atoms with Crippen molar-refractivity contribution in [3.05, 3.63) is 18.5 Å². The number of hydrogen-bond donors (Lipinski definition) is 1. The van der Waals surface area contributed by atoms with Gasteiger partial charge in [-0.3, -0.25) is 4.79 Å². The first-order valence-electron chi connectivity index (χ1n) is 8.71. The maximum atomic E-state index is 12.3. The average molecular weight is 412 g/mol. The molecule has 148 valence electrons. The number of nitriles is 1. The predicted molar refractivity (Wildman–Crippen MR) is 104 cm³/mol. The molecule has 1 fully saturated rings. The van der Waals surface area contributed by atoms with Crippen LogP contribution in [-0.4, -0.2) is 51.9 Å². The Bertz CT molecular complexity index is 856. The molecule has 2 heterocycles. The summed E-state index contributed by atoms with van der Waals surface area (Å²) < 4.78 is 25.3. The second-order valence-electron chi connectivity index (χ2n) is 7.15. The molecule has 1 amide bonds. The highest BCUT2D eigenvalue weighted by atomic mass is 32.2. The number of nitrogens with one attached hydrogen (secondary N) is 1. The molecule has 0 spiro atoms. The molecule has 0 aromatic carbocycles. The standard InChI is InChI=1S/C17H25N5O3S2/c1-5-7-22-15(13-6-8-27(24,25)10-13)20-21-16(22)26-9-14(23)19-17(4,11-18)12(2)3/h5,12-13H,1,6-10H2,2-4H3,(H,19,23)/t13-,17+/m1/s1. The lowest BCUT2D eigenvalue weighted by molar-refractivity contribution is -0.120. The Morgan fingerprint density at radius 2 is 2.26 bits per heavy atom. The first-order valence-corrected chi connectivity index (χ1v) is 11.5. The number of hydrogen-bond acceptors (Lipinski definition) is 7. The summed E-state index contributed by atoms with van der Waals surface area (Å²) in [4.78, 5) is 12.3. The van der Waals surface area contributed by atoms with Crippen molar-refractivity contribution < 1.29 is 13.2 Å². The van der Waals surface area contributed by atoms with Crippen molar-refractivity contribution in [2.45, 2.75) is 50.4 Å². The van der Waals surface area contributed by atoms with Gasteiger partial charge in [0.2, 0.25) is 5.91 Å². The molecule has 1 aliphatic heterocycles. The number of allylic oxidation sites excluding steroid dienone is 1. The van der Waals surface area contributed by atoms with Gasteiger partial charge in [0.05, 0.1) is 23.3 Å². The first-order chi connectivity index (χ1) is 12.6. The highest BCUT2D eigenvalue weighted by Crippen LogP contribution is 2.30. The Hall–Kier alpha value is -1.86. The zero-order valence-electron chi connectivity index (χ0n) is 15.8. The van der Waals surface area contributed by atoms with Crippen LogP contribution in [0.15, 0.2) is 17.8 Å². The molecular weight excluding hydrogens is 386 g/mol. The molecule has 0 bridgehead atoms. The Morgan fingerprint density at radius 1 is 1.56 bits per heavy atom. The summed E-state index contributed by atoms with van der Waals surface area (Å²) in [6, 6.07) is 2.14. The molecule has 1 aromatic heterocycles. The fraction of sp³-hybridized carbons (Fsp3) is 0.647. The van der Waals surface area contributed by atoms with Gasteiger partial charge >= 0.3 is 0 Å². The summed E-state index contributed by atoms with van der Waals surface area (Å²) >= 11 is 1.21. The zero-order chi connectivity index (χ0) is 20.2. The highest BCUT2D eigenvalue weighted by Gasteiger charge is 2.33. The van der Waals surface area contributed by atoms with E-state index in [1.54, 1.807) is 13.0 Å². The van der Waals surface area contributed by atoms with Crippen LogP contribution in [0.1, 0.15) is 38.9 Å². The van der Waals surface area contributed by atoms with Crippen LogP contribution in [0, 0.1) is 17.2 Å². The number of thioether (sulfide) groups is 1. The van der Waals surface area contributed by atoms with Gasteiger partial charge in [0.15, 0.2) is 15.0 Å². The summed E-state index contributed by atoms with van der Waals surface area (Å²) in [5.74, 6) is 0.444. The molecule has 0 unspecified atom stereocenters. The molecule has 0 aliphatic carbocycles. The molecule has 0 saturated carbocycles. The van der Waals surface area contributed by atoms with E-state index in [-0.39, 0.29) is 35.0 Å². The van der Waals surface area contributed by atoms with Gasteiger partial charge < -0.3 is 9.88 Å². The lowest BCUT2D eigenvalue weighted by Gasteiger charge is -2.27. The quantitative estimate of drug-likeness (QED) is 0.509. The maximum Gasteiger partial charge on any atom is 0.231 e. The van der Waals surface area contributed by atoms with Gasteiger partial charge in [-0.1, -0.05) is 31.7 Å². The average Bonchev–Trinajstić information content (AvgIpc) is 3.15. The van der Waals surface area contributed by atoms with E-state index in [1.807, 2.05) is 18.4 Å². The Balaban J connectivity index is 2.10. The van der Waals surface area contributed by atoms with Gasteiger partial charge in [0.1, 0.15) is 11.4 Å². The Labute approximate surface area is 164 Å². The number of carbonyl (C=O) groups excluding carboxylic acids is 1. The minimum atomic E-state index is -3.03. The van der Waals surface area contributed by atoms with Gasteiger partial charge in [-0.2, -0.15) is 5.26 Å². The molecule has 8 nitrogen and oxygen atoms in total. The largest absolute Gasteiger partial charge is 0.337 e. The second-order valence-corrected chi connectivity index (χ2v) is 10.3. The maximum absolute atomic E-state index is 12.3. The van der Waals surface area contributed by atoms with Crippen LogP contribution < -0.4 is 5.32 Å². The van der Waals surface area contributed by atoms with Crippen LogP contribution in [0.2, 0.25) is 0 Å². The van der Waals surface area contributed by atoms with Gasteiger partial charge in [-0.15, -0.1) is 16.8 Å². The number of rotatable bonds is 8. The van der Waals surface area contributed by atoms with Gasteiger partial charge in [0, 0.05) is 12.5 Å². The van der Waals surface area contributed by atoms with E-state index in [4.69, 9.17) is 0 Å². The van der Waals surface area contributed by atoms with E-state index in [2.05, 4.69) is 28.2 Å². The van der Waals surface area contributed by atoms with Crippen LogP contribution in [-0.2, 0) is 21.2 Å². The molecule has 0 radical (unpaired) electrons. The van der Waals surface area contributed by atoms with Gasteiger partial charge in [0.25, 0.3) is 0 Å². The van der Waals surface area contributed by atoms with Crippen molar-refractivity contribution in [2.75, 3.05) is 17.3 Å².